The molecular formula is C19H21N3OS. The molecule has 0 amide bonds. The zero-order valence-corrected chi connectivity index (χ0v) is 14.3. The molecule has 1 aliphatic heterocycles. The normalized spacial score (nSPS) is 19.1. The summed E-state index contributed by atoms with van der Waals surface area (Å²) in [6.07, 6.45) is 4.27. The zero-order chi connectivity index (χ0) is 16.4. The molecule has 1 aliphatic rings. The molecule has 0 bridgehead atoms. The first-order valence-corrected chi connectivity index (χ1v) is 9.20. The number of benzene rings is 1. The van der Waals surface area contributed by atoms with E-state index in [2.05, 4.69) is 51.8 Å². The molecule has 0 radical (unpaired) electrons. The topological polar surface area (TPSA) is 41.3 Å². The third-order valence-electron chi connectivity index (χ3n) is 4.58. The maximum absolute atomic E-state index is 10.5. The number of nitrogens with zero attached hydrogens (tertiary/aromatic N) is 3. The number of hydrogen-bond donors (Lipinski definition) is 1. The second-order valence-corrected chi connectivity index (χ2v) is 7.24. The Morgan fingerprint density at radius 2 is 2.04 bits per heavy atom. The van der Waals surface area contributed by atoms with Crippen molar-refractivity contribution in [1.82, 2.24) is 14.7 Å². The van der Waals surface area contributed by atoms with Gasteiger partial charge in [-0.2, -0.15) is 5.10 Å². The molecule has 0 saturated carbocycles. The van der Waals surface area contributed by atoms with E-state index in [1.807, 2.05) is 23.6 Å². The van der Waals surface area contributed by atoms with E-state index in [1.54, 1.807) is 10.9 Å². The van der Waals surface area contributed by atoms with Crippen LogP contribution in [0.4, 0.5) is 0 Å². The molecule has 3 aromatic rings. The monoisotopic (exact) mass is 339 g/mol. The average molecular weight is 339 g/mol. The van der Waals surface area contributed by atoms with Gasteiger partial charge in [0, 0.05) is 30.4 Å². The Hall–Kier alpha value is -1.95. The third kappa shape index (κ3) is 3.15. The summed E-state index contributed by atoms with van der Waals surface area (Å²) in [4.78, 5) is 3.88. The molecule has 2 atom stereocenters. The molecule has 24 heavy (non-hydrogen) atoms. The predicted molar refractivity (Wildman–Crippen MR) is 96.1 cm³/mol. The highest BCUT2D eigenvalue weighted by Gasteiger charge is 2.30. The summed E-state index contributed by atoms with van der Waals surface area (Å²) in [7, 11) is 0. The predicted octanol–water partition coefficient (Wildman–Crippen LogP) is 2.95. The SMILES string of the molecule is O[C@@H](CN1CCc2sccc2[C@@H]1c1ccccc1)Cn1cccn1. The molecule has 5 heteroatoms. The van der Waals surface area contributed by atoms with Gasteiger partial charge in [-0.15, -0.1) is 11.3 Å². The first kappa shape index (κ1) is 15.6. The molecule has 0 fully saturated rings. The van der Waals surface area contributed by atoms with Crippen molar-refractivity contribution in [3.05, 3.63) is 76.2 Å². The lowest BCUT2D eigenvalue weighted by molar-refractivity contribution is 0.0780. The Kier molecular flexibility index (Phi) is 4.47. The van der Waals surface area contributed by atoms with Gasteiger partial charge in [-0.3, -0.25) is 9.58 Å². The highest BCUT2D eigenvalue weighted by molar-refractivity contribution is 7.10. The molecule has 2 aromatic heterocycles. The third-order valence-corrected chi connectivity index (χ3v) is 5.58. The minimum absolute atomic E-state index is 0.230. The van der Waals surface area contributed by atoms with Crippen LogP contribution in [-0.2, 0) is 13.0 Å². The maximum atomic E-state index is 10.5. The van der Waals surface area contributed by atoms with E-state index in [0.717, 1.165) is 13.0 Å². The Labute approximate surface area is 146 Å². The number of β-amino-alcohol motifs (C(OH)–C–C–N with tert-alkyl or cyclic N) is 1. The van der Waals surface area contributed by atoms with Crippen molar-refractivity contribution < 1.29 is 5.11 Å². The lowest BCUT2D eigenvalue weighted by Crippen LogP contribution is -2.41. The van der Waals surface area contributed by atoms with Crippen LogP contribution in [-0.4, -0.2) is 39.0 Å². The van der Waals surface area contributed by atoms with Crippen LogP contribution in [0.15, 0.2) is 60.2 Å². The number of aliphatic hydroxyl groups is 1. The number of rotatable bonds is 5. The zero-order valence-electron chi connectivity index (χ0n) is 13.5. The molecule has 1 N–H and O–H groups in total. The van der Waals surface area contributed by atoms with E-state index >= 15 is 0 Å². The Balaban J connectivity index is 1.57. The number of hydrogen-bond acceptors (Lipinski definition) is 4. The Morgan fingerprint density at radius 3 is 2.83 bits per heavy atom. The average Bonchev–Trinajstić information content (AvgIpc) is 3.26. The number of aromatic nitrogens is 2. The highest BCUT2D eigenvalue weighted by Crippen LogP contribution is 2.37. The fourth-order valence-electron chi connectivity index (χ4n) is 3.54. The van der Waals surface area contributed by atoms with Crippen LogP contribution in [0.3, 0.4) is 0 Å². The largest absolute Gasteiger partial charge is 0.390 e. The first-order valence-electron chi connectivity index (χ1n) is 8.32. The van der Waals surface area contributed by atoms with E-state index in [4.69, 9.17) is 0 Å². The summed E-state index contributed by atoms with van der Waals surface area (Å²) >= 11 is 1.85. The molecule has 3 heterocycles. The molecular weight excluding hydrogens is 318 g/mol. The van der Waals surface area contributed by atoms with Gasteiger partial charge in [0.25, 0.3) is 0 Å². The van der Waals surface area contributed by atoms with Crippen LogP contribution < -0.4 is 0 Å². The first-order chi connectivity index (χ1) is 11.8. The van der Waals surface area contributed by atoms with Crippen LogP contribution in [0.5, 0.6) is 0 Å². The van der Waals surface area contributed by atoms with Gasteiger partial charge in [0.05, 0.1) is 18.7 Å². The molecule has 124 valence electrons. The fourth-order valence-corrected chi connectivity index (χ4v) is 4.45. The second kappa shape index (κ2) is 6.89. The minimum Gasteiger partial charge on any atom is -0.390 e. The van der Waals surface area contributed by atoms with Crippen LogP contribution in [0, 0.1) is 0 Å². The molecule has 0 spiro atoms. The minimum atomic E-state index is -0.434. The van der Waals surface area contributed by atoms with Gasteiger partial charge >= 0.3 is 0 Å². The highest BCUT2D eigenvalue weighted by atomic mass is 32.1. The number of fused-ring (bicyclic) bond motifs is 1. The summed E-state index contributed by atoms with van der Waals surface area (Å²) in [5.74, 6) is 0. The van der Waals surface area contributed by atoms with Gasteiger partial charge in [-0.25, -0.2) is 0 Å². The Bertz CT molecular complexity index is 769. The van der Waals surface area contributed by atoms with Crippen molar-refractivity contribution in [3.8, 4) is 0 Å². The fraction of sp³-hybridized carbons (Fsp3) is 0.316. The van der Waals surface area contributed by atoms with E-state index in [9.17, 15) is 5.11 Å². The van der Waals surface area contributed by atoms with Crippen molar-refractivity contribution in [1.29, 1.82) is 0 Å². The van der Waals surface area contributed by atoms with E-state index in [1.165, 1.54) is 16.0 Å². The molecule has 0 aliphatic carbocycles. The van der Waals surface area contributed by atoms with Crippen LogP contribution in [0.25, 0.3) is 0 Å². The summed E-state index contributed by atoms with van der Waals surface area (Å²) < 4.78 is 1.79. The van der Waals surface area contributed by atoms with Gasteiger partial charge in [0.1, 0.15) is 0 Å². The summed E-state index contributed by atoms with van der Waals surface area (Å²) in [5, 5.41) is 16.9. The van der Waals surface area contributed by atoms with Gasteiger partial charge in [0.15, 0.2) is 0 Å². The molecule has 0 saturated heterocycles. The molecule has 0 unspecified atom stereocenters. The standard InChI is InChI=1S/C19H21N3OS/c23-16(14-22-10-4-9-20-22)13-21-11-7-18-17(8-12-24-18)19(21)15-5-2-1-3-6-15/h1-6,8-10,12,16,19,23H,7,11,13-14H2/t16-,19-/m0/s1. The van der Waals surface area contributed by atoms with Crippen LogP contribution in [0.1, 0.15) is 22.0 Å². The number of thiophene rings is 1. The lowest BCUT2D eigenvalue weighted by atomic mass is 9.93. The summed E-state index contributed by atoms with van der Waals surface area (Å²) in [6, 6.07) is 15.0. The van der Waals surface area contributed by atoms with Crippen molar-refractivity contribution in [2.45, 2.75) is 25.1 Å². The number of aliphatic hydroxyl groups excluding tert-OH is 1. The molecule has 4 nitrogen and oxygen atoms in total. The van der Waals surface area contributed by atoms with Crippen molar-refractivity contribution in [2.75, 3.05) is 13.1 Å². The summed E-state index contributed by atoms with van der Waals surface area (Å²) in [5.41, 5.74) is 2.69. The van der Waals surface area contributed by atoms with Crippen LogP contribution >= 0.6 is 11.3 Å². The van der Waals surface area contributed by atoms with Crippen LogP contribution in [0.2, 0.25) is 0 Å². The second-order valence-electron chi connectivity index (χ2n) is 6.24. The summed E-state index contributed by atoms with van der Waals surface area (Å²) in [6.45, 7) is 2.15. The lowest BCUT2D eigenvalue weighted by Gasteiger charge is -2.37. The smallest absolute Gasteiger partial charge is 0.0863 e. The van der Waals surface area contributed by atoms with Gasteiger partial charge < -0.3 is 5.11 Å². The van der Waals surface area contributed by atoms with Gasteiger partial charge in [0.2, 0.25) is 0 Å². The van der Waals surface area contributed by atoms with E-state index in [-0.39, 0.29) is 6.04 Å². The molecule has 4 rings (SSSR count). The van der Waals surface area contributed by atoms with Crippen molar-refractivity contribution >= 4 is 11.3 Å². The van der Waals surface area contributed by atoms with Gasteiger partial charge in [-0.1, -0.05) is 30.3 Å². The molecule has 1 aromatic carbocycles. The quantitative estimate of drug-likeness (QED) is 0.777. The van der Waals surface area contributed by atoms with Crippen molar-refractivity contribution in [3.63, 3.8) is 0 Å². The van der Waals surface area contributed by atoms with E-state index < -0.39 is 6.10 Å². The Morgan fingerprint density at radius 1 is 1.17 bits per heavy atom. The van der Waals surface area contributed by atoms with E-state index in [0.29, 0.717) is 13.1 Å². The van der Waals surface area contributed by atoms with Crippen molar-refractivity contribution in [2.24, 2.45) is 0 Å². The maximum Gasteiger partial charge on any atom is 0.0863 e. The van der Waals surface area contributed by atoms with Gasteiger partial charge in [-0.05, 0) is 35.1 Å².